The van der Waals surface area contributed by atoms with Gasteiger partial charge in [0.15, 0.2) is 0 Å². The predicted octanol–water partition coefficient (Wildman–Crippen LogP) is 1.36. The summed E-state index contributed by atoms with van der Waals surface area (Å²) in [5, 5.41) is 26.5. The van der Waals surface area contributed by atoms with Crippen LogP contribution in [0.5, 0.6) is 5.75 Å². The Balaban J connectivity index is 2.49. The molecule has 0 unspecified atom stereocenters. The number of aromatic hydroxyl groups is 1. The summed E-state index contributed by atoms with van der Waals surface area (Å²) in [4.78, 5) is 10.7. The minimum absolute atomic E-state index is 0.0804. The van der Waals surface area contributed by atoms with E-state index in [1.807, 2.05) is 0 Å². The van der Waals surface area contributed by atoms with Crippen LogP contribution >= 0.6 is 11.3 Å². The van der Waals surface area contributed by atoms with Gasteiger partial charge in [0, 0.05) is 0 Å². The second-order valence-corrected chi connectivity index (χ2v) is 7.00. The number of carbonyl (C=O) groups is 1. The molecule has 3 N–H and O–H groups in total. The lowest BCUT2D eigenvalue weighted by Crippen LogP contribution is -2.15. The molecule has 0 saturated carbocycles. The van der Waals surface area contributed by atoms with Crippen LogP contribution in [0.1, 0.15) is 20.9 Å². The molecule has 0 aliphatic heterocycles. The molecular formula is C11H11N3O5S2. The van der Waals surface area contributed by atoms with Crippen molar-refractivity contribution in [3.8, 4) is 5.75 Å². The molecule has 1 aromatic heterocycles. The summed E-state index contributed by atoms with van der Waals surface area (Å²) in [6.45, 7) is 3.12. The highest BCUT2D eigenvalue weighted by molar-refractivity contribution is 7.93. The number of carboxylic acids is 1. The van der Waals surface area contributed by atoms with Crippen molar-refractivity contribution in [2.45, 2.75) is 18.7 Å². The molecule has 0 saturated heterocycles. The maximum atomic E-state index is 12.3. The van der Waals surface area contributed by atoms with Crippen molar-refractivity contribution < 1.29 is 23.4 Å². The fourth-order valence-corrected chi connectivity index (χ4v) is 3.72. The van der Waals surface area contributed by atoms with Crippen molar-refractivity contribution in [3.05, 3.63) is 28.3 Å². The van der Waals surface area contributed by atoms with Gasteiger partial charge in [-0.05, 0) is 31.5 Å². The number of sulfonamides is 1. The van der Waals surface area contributed by atoms with Gasteiger partial charge < -0.3 is 10.2 Å². The maximum absolute atomic E-state index is 12.3. The summed E-state index contributed by atoms with van der Waals surface area (Å²) < 4.78 is 26.8. The minimum Gasteiger partial charge on any atom is -0.507 e. The third-order valence-corrected chi connectivity index (χ3v) is 4.93. The van der Waals surface area contributed by atoms with E-state index in [-0.39, 0.29) is 15.6 Å². The molecule has 2 aromatic rings. The smallest absolute Gasteiger partial charge is 0.339 e. The number of aromatic nitrogens is 2. The van der Waals surface area contributed by atoms with Crippen molar-refractivity contribution >= 4 is 32.5 Å². The van der Waals surface area contributed by atoms with Crippen LogP contribution in [0.25, 0.3) is 0 Å². The molecule has 2 rings (SSSR count). The second kappa shape index (κ2) is 5.30. The van der Waals surface area contributed by atoms with Gasteiger partial charge in [-0.2, -0.15) is 0 Å². The highest BCUT2D eigenvalue weighted by Gasteiger charge is 2.23. The molecule has 0 radical (unpaired) electrons. The van der Waals surface area contributed by atoms with Crippen LogP contribution in [0.4, 0.5) is 5.13 Å². The van der Waals surface area contributed by atoms with Crippen molar-refractivity contribution in [1.29, 1.82) is 0 Å². The number of hydrogen-bond acceptors (Lipinski definition) is 7. The fraction of sp³-hybridized carbons (Fsp3) is 0.182. The number of phenols is 1. The van der Waals surface area contributed by atoms with Crippen LogP contribution in [0.15, 0.2) is 17.0 Å². The molecule has 0 aliphatic carbocycles. The number of nitrogens with zero attached hydrogens (tertiary/aromatic N) is 2. The second-order valence-electron chi connectivity index (χ2n) is 4.17. The number of carboxylic acid groups (broad SMARTS) is 1. The van der Waals surface area contributed by atoms with Gasteiger partial charge >= 0.3 is 5.97 Å². The molecule has 112 valence electrons. The van der Waals surface area contributed by atoms with Gasteiger partial charge in [-0.25, -0.2) is 13.2 Å². The lowest BCUT2D eigenvalue weighted by Gasteiger charge is -2.10. The monoisotopic (exact) mass is 329 g/mol. The molecule has 21 heavy (non-hydrogen) atoms. The Morgan fingerprint density at radius 1 is 1.29 bits per heavy atom. The van der Waals surface area contributed by atoms with Gasteiger partial charge in [0.25, 0.3) is 10.0 Å². The first-order valence-electron chi connectivity index (χ1n) is 5.60. The van der Waals surface area contributed by atoms with Crippen LogP contribution in [0.3, 0.4) is 0 Å². The van der Waals surface area contributed by atoms with E-state index in [2.05, 4.69) is 14.9 Å². The summed E-state index contributed by atoms with van der Waals surface area (Å²) in [5.41, 5.74) is -0.277. The Bertz CT molecular complexity index is 813. The van der Waals surface area contributed by atoms with Gasteiger partial charge in [-0.3, -0.25) is 4.72 Å². The molecule has 10 heteroatoms. The molecule has 0 bridgehead atoms. The predicted molar refractivity (Wildman–Crippen MR) is 75.3 cm³/mol. The summed E-state index contributed by atoms with van der Waals surface area (Å²) in [6.07, 6.45) is 0. The number of aryl methyl sites for hydroxylation is 2. The summed E-state index contributed by atoms with van der Waals surface area (Å²) in [6, 6.07) is 1.99. The zero-order valence-electron chi connectivity index (χ0n) is 11.0. The third-order valence-electron chi connectivity index (χ3n) is 2.56. The molecule has 0 atom stereocenters. The molecule has 1 heterocycles. The summed E-state index contributed by atoms with van der Waals surface area (Å²) in [7, 11) is -4.02. The third kappa shape index (κ3) is 3.11. The lowest BCUT2D eigenvalue weighted by atomic mass is 10.1. The SMILES string of the molecule is Cc1nnc(NS(=O)(=O)c2cc(C(=O)O)c(O)cc2C)s1. The quantitative estimate of drug-likeness (QED) is 0.772. The molecule has 0 amide bonds. The van der Waals surface area contributed by atoms with Crippen LogP contribution < -0.4 is 4.72 Å². The van der Waals surface area contributed by atoms with Crippen LogP contribution in [-0.2, 0) is 10.0 Å². The molecule has 0 spiro atoms. The Morgan fingerprint density at radius 3 is 2.48 bits per heavy atom. The van der Waals surface area contributed by atoms with Crippen molar-refractivity contribution in [1.82, 2.24) is 10.2 Å². The normalized spacial score (nSPS) is 11.3. The van der Waals surface area contributed by atoms with E-state index in [1.54, 1.807) is 6.92 Å². The number of hydrogen-bond donors (Lipinski definition) is 3. The van der Waals surface area contributed by atoms with Gasteiger partial charge in [-0.15, -0.1) is 10.2 Å². The van der Waals surface area contributed by atoms with E-state index < -0.39 is 27.3 Å². The number of benzene rings is 1. The van der Waals surface area contributed by atoms with Crippen molar-refractivity contribution in [2.24, 2.45) is 0 Å². The molecule has 0 fully saturated rings. The lowest BCUT2D eigenvalue weighted by molar-refractivity contribution is 0.0693. The standard InChI is InChI=1S/C11H11N3O5S2/c1-5-3-8(15)7(10(16)17)4-9(5)21(18,19)14-11-13-12-6(2)20-11/h3-4,15H,1-2H3,(H,13,14)(H,16,17). The Kier molecular flexibility index (Phi) is 3.83. The van der Waals surface area contributed by atoms with Crippen LogP contribution in [0, 0.1) is 13.8 Å². The topological polar surface area (TPSA) is 129 Å². The average molecular weight is 329 g/mol. The van der Waals surface area contributed by atoms with Crippen molar-refractivity contribution in [3.63, 3.8) is 0 Å². The van der Waals surface area contributed by atoms with E-state index in [0.717, 1.165) is 23.5 Å². The summed E-state index contributed by atoms with van der Waals surface area (Å²) >= 11 is 1.05. The fourth-order valence-electron chi connectivity index (χ4n) is 1.64. The molecule has 0 aliphatic rings. The van der Waals surface area contributed by atoms with E-state index in [9.17, 15) is 18.3 Å². The Morgan fingerprint density at radius 2 is 1.95 bits per heavy atom. The van der Waals surface area contributed by atoms with E-state index >= 15 is 0 Å². The van der Waals surface area contributed by atoms with Gasteiger partial charge in [0.05, 0.1) is 4.90 Å². The molecule has 8 nitrogen and oxygen atoms in total. The minimum atomic E-state index is -4.02. The number of anilines is 1. The van der Waals surface area contributed by atoms with Crippen LogP contribution in [-0.4, -0.2) is 34.8 Å². The largest absolute Gasteiger partial charge is 0.507 e. The van der Waals surface area contributed by atoms with E-state index in [4.69, 9.17) is 5.11 Å². The molecule has 1 aromatic carbocycles. The zero-order valence-corrected chi connectivity index (χ0v) is 12.6. The number of nitrogens with one attached hydrogen (secondary N) is 1. The maximum Gasteiger partial charge on any atom is 0.339 e. The molecular weight excluding hydrogens is 318 g/mol. The highest BCUT2D eigenvalue weighted by atomic mass is 32.2. The first kappa shape index (κ1) is 15.2. The Hall–Kier alpha value is -2.20. The van der Waals surface area contributed by atoms with Crippen molar-refractivity contribution in [2.75, 3.05) is 4.72 Å². The van der Waals surface area contributed by atoms with E-state index in [0.29, 0.717) is 5.01 Å². The average Bonchev–Trinajstić information content (AvgIpc) is 2.72. The first-order chi connectivity index (χ1) is 9.70. The highest BCUT2D eigenvalue weighted by Crippen LogP contribution is 2.27. The van der Waals surface area contributed by atoms with Gasteiger partial charge in [0.1, 0.15) is 16.3 Å². The Labute approximate surface area is 124 Å². The zero-order chi connectivity index (χ0) is 15.8. The first-order valence-corrected chi connectivity index (χ1v) is 7.90. The van der Waals surface area contributed by atoms with Gasteiger partial charge in [-0.1, -0.05) is 11.3 Å². The van der Waals surface area contributed by atoms with Gasteiger partial charge in [0.2, 0.25) is 5.13 Å². The number of aromatic carboxylic acids is 1. The van der Waals surface area contributed by atoms with Crippen LogP contribution in [0.2, 0.25) is 0 Å². The summed E-state index contributed by atoms with van der Waals surface area (Å²) in [5.74, 6) is -1.92. The number of rotatable bonds is 4. The van der Waals surface area contributed by atoms with E-state index in [1.165, 1.54) is 6.92 Å².